The molecule has 6 heteroatoms. The van der Waals surface area contributed by atoms with E-state index in [4.69, 9.17) is 0 Å². The Morgan fingerprint density at radius 2 is 1.73 bits per heavy atom. The average Bonchev–Trinajstić information content (AvgIpc) is 3.52. The summed E-state index contributed by atoms with van der Waals surface area (Å²) in [5, 5.41) is 16.3. The highest BCUT2D eigenvalue weighted by molar-refractivity contribution is 7.98. The highest BCUT2D eigenvalue weighted by Crippen LogP contribution is 2.45. The van der Waals surface area contributed by atoms with Crippen LogP contribution >= 0.6 is 11.8 Å². The monoisotopic (exact) mass is 370 g/mol. The molecule has 26 heavy (non-hydrogen) atoms. The lowest BCUT2D eigenvalue weighted by atomic mass is 9.88. The van der Waals surface area contributed by atoms with Crippen LogP contribution in [-0.2, 0) is 15.2 Å². The molecule has 3 N–H and O–H groups in total. The van der Waals surface area contributed by atoms with Crippen LogP contribution in [-0.4, -0.2) is 29.7 Å². The summed E-state index contributed by atoms with van der Waals surface area (Å²) < 4.78 is 0. The summed E-state index contributed by atoms with van der Waals surface area (Å²) in [4.78, 5) is 25.3. The Balaban J connectivity index is 1.64. The van der Waals surface area contributed by atoms with Crippen LogP contribution in [0.15, 0.2) is 59.5 Å². The SMILES string of the molecule is CSc1ccccc1NC(=O)C(=O)NC[C@@](O)(c1ccccc1)C1CC1. The molecule has 0 aliphatic heterocycles. The van der Waals surface area contributed by atoms with Crippen molar-refractivity contribution >= 4 is 29.3 Å². The van der Waals surface area contributed by atoms with Crippen molar-refractivity contribution < 1.29 is 14.7 Å². The van der Waals surface area contributed by atoms with Crippen molar-refractivity contribution in [3.63, 3.8) is 0 Å². The molecule has 0 radical (unpaired) electrons. The number of para-hydroxylation sites is 1. The first-order chi connectivity index (χ1) is 12.5. The second-order valence-corrected chi connectivity index (χ2v) is 7.25. The Labute approximate surface area is 157 Å². The van der Waals surface area contributed by atoms with E-state index in [9.17, 15) is 14.7 Å². The molecule has 2 aromatic rings. The van der Waals surface area contributed by atoms with Gasteiger partial charge in [0.2, 0.25) is 0 Å². The van der Waals surface area contributed by atoms with Gasteiger partial charge in [0.1, 0.15) is 5.60 Å². The molecular weight excluding hydrogens is 348 g/mol. The van der Waals surface area contributed by atoms with Gasteiger partial charge in [0.25, 0.3) is 0 Å². The van der Waals surface area contributed by atoms with Gasteiger partial charge in [0.05, 0.1) is 12.2 Å². The van der Waals surface area contributed by atoms with Crippen molar-refractivity contribution in [3.05, 3.63) is 60.2 Å². The Hall–Kier alpha value is -2.31. The zero-order valence-electron chi connectivity index (χ0n) is 14.6. The number of anilines is 1. The second-order valence-electron chi connectivity index (χ2n) is 6.40. The quantitative estimate of drug-likeness (QED) is 0.540. The number of carbonyl (C=O) groups is 2. The predicted molar refractivity (Wildman–Crippen MR) is 103 cm³/mol. The summed E-state index contributed by atoms with van der Waals surface area (Å²) in [5.74, 6) is -1.39. The standard InChI is InChI=1S/C20H22N2O3S/c1-26-17-10-6-5-9-16(17)22-19(24)18(23)21-13-20(25,15-11-12-15)14-7-3-2-4-8-14/h2-10,15,25H,11-13H2,1H3,(H,21,23)(H,22,24)/t20-/m1/s1. The maximum atomic E-state index is 12.2. The number of nitrogens with one attached hydrogen (secondary N) is 2. The fourth-order valence-corrected chi connectivity index (χ4v) is 3.55. The zero-order valence-corrected chi connectivity index (χ0v) is 15.4. The van der Waals surface area contributed by atoms with Gasteiger partial charge in [-0.25, -0.2) is 0 Å². The molecule has 2 amide bonds. The first kappa shape index (κ1) is 18.5. The van der Waals surface area contributed by atoms with E-state index in [0.717, 1.165) is 23.3 Å². The van der Waals surface area contributed by atoms with Crippen molar-refractivity contribution in [2.45, 2.75) is 23.3 Å². The highest BCUT2D eigenvalue weighted by atomic mass is 32.2. The maximum Gasteiger partial charge on any atom is 0.313 e. The number of benzene rings is 2. The molecule has 0 heterocycles. The molecule has 0 bridgehead atoms. The third-order valence-corrected chi connectivity index (χ3v) is 5.40. The molecule has 0 unspecified atom stereocenters. The molecule has 1 saturated carbocycles. The van der Waals surface area contributed by atoms with Gasteiger partial charge in [0.15, 0.2) is 0 Å². The summed E-state index contributed by atoms with van der Waals surface area (Å²) in [6.45, 7) is 0.0120. The van der Waals surface area contributed by atoms with Gasteiger partial charge in [0, 0.05) is 4.90 Å². The van der Waals surface area contributed by atoms with Crippen molar-refractivity contribution in [2.75, 3.05) is 18.1 Å². The van der Waals surface area contributed by atoms with Crippen molar-refractivity contribution in [1.29, 1.82) is 0 Å². The van der Waals surface area contributed by atoms with Gasteiger partial charge in [-0.1, -0.05) is 42.5 Å². The number of rotatable bonds is 6. The Morgan fingerprint density at radius 1 is 1.08 bits per heavy atom. The van der Waals surface area contributed by atoms with Gasteiger partial charge >= 0.3 is 11.8 Å². The third kappa shape index (κ3) is 4.08. The minimum absolute atomic E-state index is 0.0120. The van der Waals surface area contributed by atoms with Crippen molar-refractivity contribution in [3.8, 4) is 0 Å². The van der Waals surface area contributed by atoms with E-state index >= 15 is 0 Å². The first-order valence-corrected chi connectivity index (χ1v) is 9.77. The number of aliphatic hydroxyl groups is 1. The molecule has 3 rings (SSSR count). The van der Waals surface area contributed by atoms with E-state index in [2.05, 4.69) is 10.6 Å². The second kappa shape index (κ2) is 7.93. The van der Waals surface area contributed by atoms with Crippen LogP contribution in [0, 0.1) is 5.92 Å². The smallest absolute Gasteiger partial charge is 0.313 e. The molecule has 0 aromatic heterocycles. The van der Waals surface area contributed by atoms with Gasteiger partial charge in [-0.3, -0.25) is 9.59 Å². The van der Waals surface area contributed by atoms with Gasteiger partial charge in [-0.2, -0.15) is 0 Å². The predicted octanol–water partition coefficient (Wildman–Crippen LogP) is 2.76. The van der Waals surface area contributed by atoms with E-state index in [1.54, 1.807) is 12.1 Å². The summed E-state index contributed by atoms with van der Waals surface area (Å²) in [7, 11) is 0. The maximum absolute atomic E-state index is 12.2. The normalized spacial score (nSPS) is 15.8. The molecule has 1 atom stereocenters. The van der Waals surface area contributed by atoms with Crippen LogP contribution in [0.4, 0.5) is 5.69 Å². The molecular formula is C20H22N2O3S. The van der Waals surface area contributed by atoms with Crippen LogP contribution < -0.4 is 10.6 Å². The van der Waals surface area contributed by atoms with Gasteiger partial charge < -0.3 is 15.7 Å². The molecule has 1 aliphatic rings. The van der Waals surface area contributed by atoms with Crippen LogP contribution in [0.1, 0.15) is 18.4 Å². The van der Waals surface area contributed by atoms with E-state index in [0.29, 0.717) is 5.69 Å². The summed E-state index contributed by atoms with van der Waals surface area (Å²) >= 11 is 1.49. The van der Waals surface area contributed by atoms with Gasteiger partial charge in [-0.05, 0) is 42.7 Å². The number of hydrogen-bond acceptors (Lipinski definition) is 4. The molecule has 1 aliphatic carbocycles. The molecule has 1 fully saturated rings. The first-order valence-electron chi connectivity index (χ1n) is 8.54. The lowest BCUT2D eigenvalue weighted by Crippen LogP contribution is -2.45. The zero-order chi connectivity index (χ0) is 18.6. The largest absolute Gasteiger partial charge is 0.383 e. The summed E-state index contributed by atoms with van der Waals surface area (Å²) in [5.41, 5.74) is 0.213. The highest BCUT2D eigenvalue weighted by Gasteiger charge is 2.45. The number of carbonyl (C=O) groups excluding carboxylic acids is 2. The fraction of sp³-hybridized carbons (Fsp3) is 0.300. The molecule has 0 spiro atoms. The van der Waals surface area contributed by atoms with Crippen LogP contribution in [0.25, 0.3) is 0 Å². The van der Waals surface area contributed by atoms with Crippen LogP contribution in [0.3, 0.4) is 0 Å². The van der Waals surface area contributed by atoms with E-state index in [1.165, 1.54) is 11.8 Å². The Bertz CT molecular complexity index is 793. The molecule has 5 nitrogen and oxygen atoms in total. The van der Waals surface area contributed by atoms with Crippen molar-refractivity contribution in [1.82, 2.24) is 5.32 Å². The Kier molecular flexibility index (Phi) is 5.64. The topological polar surface area (TPSA) is 78.4 Å². The van der Waals surface area contributed by atoms with E-state index < -0.39 is 17.4 Å². The number of hydrogen-bond donors (Lipinski definition) is 3. The summed E-state index contributed by atoms with van der Waals surface area (Å²) in [6.07, 6.45) is 3.73. The van der Waals surface area contributed by atoms with Crippen molar-refractivity contribution in [2.24, 2.45) is 5.92 Å². The summed E-state index contributed by atoms with van der Waals surface area (Å²) in [6, 6.07) is 16.6. The lowest BCUT2D eigenvalue weighted by molar-refractivity contribution is -0.137. The number of thioether (sulfide) groups is 1. The van der Waals surface area contributed by atoms with E-state index in [-0.39, 0.29) is 12.5 Å². The van der Waals surface area contributed by atoms with Crippen LogP contribution in [0.2, 0.25) is 0 Å². The van der Waals surface area contributed by atoms with Crippen LogP contribution in [0.5, 0.6) is 0 Å². The minimum atomic E-state index is -1.14. The third-order valence-electron chi connectivity index (χ3n) is 4.61. The minimum Gasteiger partial charge on any atom is -0.383 e. The molecule has 2 aromatic carbocycles. The Morgan fingerprint density at radius 3 is 2.38 bits per heavy atom. The average molecular weight is 370 g/mol. The number of amides is 2. The molecule has 0 saturated heterocycles. The van der Waals surface area contributed by atoms with E-state index in [1.807, 2.05) is 48.7 Å². The fourth-order valence-electron chi connectivity index (χ4n) is 2.99. The lowest BCUT2D eigenvalue weighted by Gasteiger charge is -2.29. The van der Waals surface area contributed by atoms with Gasteiger partial charge in [-0.15, -0.1) is 11.8 Å². The molecule has 136 valence electrons.